The van der Waals surface area contributed by atoms with Crippen LogP contribution in [0.5, 0.6) is 0 Å². The molecule has 0 spiro atoms. The zero-order valence-electron chi connectivity index (χ0n) is 9.19. The highest BCUT2D eigenvalue weighted by molar-refractivity contribution is 5.39. The molecule has 2 heterocycles. The van der Waals surface area contributed by atoms with Gasteiger partial charge in [-0.1, -0.05) is 13.0 Å². The number of anilines is 1. The van der Waals surface area contributed by atoms with Gasteiger partial charge in [0.15, 0.2) is 0 Å². The number of aliphatic hydroxyl groups excluding tert-OH is 1. The van der Waals surface area contributed by atoms with E-state index in [1.165, 1.54) is 0 Å². The van der Waals surface area contributed by atoms with Gasteiger partial charge in [0, 0.05) is 18.8 Å². The number of aryl methyl sites for hydroxylation is 1. The third-order valence-electron chi connectivity index (χ3n) is 2.94. The van der Waals surface area contributed by atoms with Crippen LogP contribution in [0.2, 0.25) is 0 Å². The average Bonchev–Trinajstić information content (AvgIpc) is 2.30. The van der Waals surface area contributed by atoms with Crippen molar-refractivity contribution in [2.75, 3.05) is 18.0 Å². The van der Waals surface area contributed by atoms with Crippen molar-refractivity contribution >= 4 is 5.82 Å². The fraction of sp³-hybridized carbons (Fsp3) is 0.583. The molecule has 1 fully saturated rings. The zero-order valence-corrected chi connectivity index (χ0v) is 9.19. The Morgan fingerprint density at radius 1 is 1.40 bits per heavy atom. The minimum Gasteiger partial charge on any atom is -0.393 e. The van der Waals surface area contributed by atoms with Crippen LogP contribution in [0.25, 0.3) is 0 Å². The van der Waals surface area contributed by atoms with Gasteiger partial charge in [0.25, 0.3) is 0 Å². The quantitative estimate of drug-likeness (QED) is 0.798. The summed E-state index contributed by atoms with van der Waals surface area (Å²) < 4.78 is 0. The van der Waals surface area contributed by atoms with Crippen LogP contribution in [0.4, 0.5) is 5.82 Å². The third kappa shape index (κ3) is 2.48. The van der Waals surface area contributed by atoms with Crippen LogP contribution >= 0.6 is 0 Å². The molecule has 1 aromatic heterocycles. The lowest BCUT2D eigenvalue weighted by atomic mass is 10.1. The maximum Gasteiger partial charge on any atom is 0.128 e. The van der Waals surface area contributed by atoms with Crippen LogP contribution in [0.3, 0.4) is 0 Å². The Labute approximate surface area is 90.8 Å². The summed E-state index contributed by atoms with van der Waals surface area (Å²) in [5.74, 6) is 1.06. The van der Waals surface area contributed by atoms with E-state index in [-0.39, 0.29) is 6.10 Å². The van der Waals surface area contributed by atoms with Crippen molar-refractivity contribution < 1.29 is 5.11 Å². The van der Waals surface area contributed by atoms with Crippen molar-refractivity contribution in [3.05, 3.63) is 23.9 Å². The summed E-state index contributed by atoms with van der Waals surface area (Å²) in [5, 5.41) is 9.43. The van der Waals surface area contributed by atoms with Crippen LogP contribution in [0.15, 0.2) is 18.2 Å². The Kier molecular flexibility index (Phi) is 3.21. The molecule has 2 rings (SSSR count). The van der Waals surface area contributed by atoms with E-state index >= 15 is 0 Å². The lowest BCUT2D eigenvalue weighted by Gasteiger charge is -2.30. The molecular formula is C12H18N2O. The molecule has 0 aliphatic carbocycles. The number of rotatable bonds is 2. The molecule has 0 aromatic carbocycles. The van der Waals surface area contributed by atoms with Gasteiger partial charge in [-0.25, -0.2) is 4.98 Å². The number of aromatic nitrogens is 1. The number of nitrogens with zero attached hydrogens (tertiary/aromatic N) is 2. The van der Waals surface area contributed by atoms with Crippen molar-refractivity contribution in [1.82, 2.24) is 4.98 Å². The number of hydrogen-bond acceptors (Lipinski definition) is 3. The minimum absolute atomic E-state index is 0.115. The molecule has 1 aliphatic rings. The van der Waals surface area contributed by atoms with Crippen LogP contribution in [-0.2, 0) is 6.42 Å². The van der Waals surface area contributed by atoms with Crippen molar-refractivity contribution in [1.29, 1.82) is 0 Å². The smallest absolute Gasteiger partial charge is 0.128 e. The van der Waals surface area contributed by atoms with E-state index in [4.69, 9.17) is 0 Å². The first-order valence-electron chi connectivity index (χ1n) is 5.68. The molecule has 3 nitrogen and oxygen atoms in total. The van der Waals surface area contributed by atoms with E-state index in [1.807, 2.05) is 0 Å². The number of hydrogen-bond donors (Lipinski definition) is 1. The SMILES string of the molecule is CCc1cccc(N2CCC(O)CC2)n1. The second-order valence-electron chi connectivity index (χ2n) is 4.06. The molecule has 0 bridgehead atoms. The predicted molar refractivity (Wildman–Crippen MR) is 61.1 cm³/mol. The summed E-state index contributed by atoms with van der Waals surface area (Å²) in [7, 11) is 0. The first-order valence-corrected chi connectivity index (χ1v) is 5.68. The highest BCUT2D eigenvalue weighted by atomic mass is 16.3. The van der Waals surface area contributed by atoms with Crippen LogP contribution in [0.1, 0.15) is 25.5 Å². The van der Waals surface area contributed by atoms with Gasteiger partial charge >= 0.3 is 0 Å². The Balaban J connectivity index is 2.08. The van der Waals surface area contributed by atoms with Gasteiger partial charge < -0.3 is 10.0 Å². The Hall–Kier alpha value is -1.09. The fourth-order valence-electron chi connectivity index (χ4n) is 1.93. The highest BCUT2D eigenvalue weighted by Gasteiger charge is 2.17. The molecule has 3 heteroatoms. The molecule has 0 unspecified atom stereocenters. The molecule has 0 radical (unpaired) electrons. The lowest BCUT2D eigenvalue weighted by molar-refractivity contribution is 0.145. The van der Waals surface area contributed by atoms with E-state index < -0.39 is 0 Å². The van der Waals surface area contributed by atoms with Crippen molar-refractivity contribution in [2.45, 2.75) is 32.3 Å². The Bertz CT molecular complexity index is 319. The standard InChI is InChI=1S/C12H18N2O/c1-2-10-4-3-5-12(13-10)14-8-6-11(15)7-9-14/h3-5,11,15H,2,6-9H2,1H3. The lowest BCUT2D eigenvalue weighted by Crippen LogP contribution is -2.36. The molecule has 1 N–H and O–H groups in total. The van der Waals surface area contributed by atoms with Gasteiger partial charge in [-0.3, -0.25) is 0 Å². The number of pyridine rings is 1. The molecule has 1 aromatic rings. The van der Waals surface area contributed by atoms with Crippen LogP contribution in [-0.4, -0.2) is 29.3 Å². The zero-order chi connectivity index (χ0) is 10.7. The van der Waals surface area contributed by atoms with E-state index in [9.17, 15) is 5.11 Å². The largest absolute Gasteiger partial charge is 0.393 e. The van der Waals surface area contributed by atoms with Gasteiger partial charge in [0.2, 0.25) is 0 Å². The summed E-state index contributed by atoms with van der Waals surface area (Å²) in [4.78, 5) is 6.84. The van der Waals surface area contributed by atoms with Gasteiger partial charge in [-0.05, 0) is 31.4 Å². The van der Waals surface area contributed by atoms with E-state index in [1.54, 1.807) is 0 Å². The van der Waals surface area contributed by atoms with E-state index in [0.717, 1.165) is 43.9 Å². The number of piperidine rings is 1. The maximum absolute atomic E-state index is 9.43. The van der Waals surface area contributed by atoms with Gasteiger partial charge in [0.05, 0.1) is 6.10 Å². The van der Waals surface area contributed by atoms with Gasteiger partial charge in [-0.2, -0.15) is 0 Å². The second-order valence-corrected chi connectivity index (χ2v) is 4.06. The molecule has 1 saturated heterocycles. The normalized spacial score (nSPS) is 18.1. The molecule has 0 atom stereocenters. The monoisotopic (exact) mass is 206 g/mol. The Morgan fingerprint density at radius 2 is 2.13 bits per heavy atom. The summed E-state index contributed by atoms with van der Waals surface area (Å²) in [6, 6.07) is 6.17. The first kappa shape index (κ1) is 10.4. The molecule has 1 aliphatic heterocycles. The summed E-state index contributed by atoms with van der Waals surface area (Å²) in [6.45, 7) is 3.95. The summed E-state index contributed by atoms with van der Waals surface area (Å²) in [6.07, 6.45) is 2.58. The van der Waals surface area contributed by atoms with Gasteiger partial charge in [0.1, 0.15) is 5.82 Å². The molecule has 15 heavy (non-hydrogen) atoms. The second kappa shape index (κ2) is 4.62. The fourth-order valence-corrected chi connectivity index (χ4v) is 1.93. The van der Waals surface area contributed by atoms with Crippen LogP contribution < -0.4 is 4.90 Å². The molecule has 0 amide bonds. The maximum atomic E-state index is 9.43. The number of aliphatic hydroxyl groups is 1. The topological polar surface area (TPSA) is 36.4 Å². The minimum atomic E-state index is -0.115. The van der Waals surface area contributed by atoms with Gasteiger partial charge in [-0.15, -0.1) is 0 Å². The first-order chi connectivity index (χ1) is 7.29. The molecular weight excluding hydrogens is 188 g/mol. The van der Waals surface area contributed by atoms with Crippen molar-refractivity contribution in [3.8, 4) is 0 Å². The van der Waals surface area contributed by atoms with Crippen molar-refractivity contribution in [2.24, 2.45) is 0 Å². The summed E-state index contributed by atoms with van der Waals surface area (Å²) >= 11 is 0. The Morgan fingerprint density at radius 3 is 2.80 bits per heavy atom. The average molecular weight is 206 g/mol. The molecule has 82 valence electrons. The van der Waals surface area contributed by atoms with Crippen molar-refractivity contribution in [3.63, 3.8) is 0 Å². The molecule has 0 saturated carbocycles. The van der Waals surface area contributed by atoms with E-state index in [2.05, 4.69) is 35.0 Å². The van der Waals surface area contributed by atoms with Crippen LogP contribution in [0, 0.1) is 0 Å². The highest BCUT2D eigenvalue weighted by Crippen LogP contribution is 2.18. The summed E-state index contributed by atoms with van der Waals surface area (Å²) in [5.41, 5.74) is 1.14. The predicted octanol–water partition coefficient (Wildman–Crippen LogP) is 1.61. The van der Waals surface area contributed by atoms with E-state index in [0.29, 0.717) is 0 Å². The third-order valence-corrected chi connectivity index (χ3v) is 2.94.